The maximum atomic E-state index is 12.6. The maximum Gasteiger partial charge on any atom is 0.308 e. The summed E-state index contributed by atoms with van der Waals surface area (Å²) in [6.07, 6.45) is 0.618. The summed E-state index contributed by atoms with van der Waals surface area (Å²) in [5.74, 6) is -0.958. The third kappa shape index (κ3) is 4.16. The van der Waals surface area contributed by atoms with E-state index < -0.39 is 18.0 Å². The summed E-state index contributed by atoms with van der Waals surface area (Å²) < 4.78 is 5.71. The zero-order valence-electron chi connectivity index (χ0n) is 13.6. The molecule has 1 amide bonds. The Morgan fingerprint density at radius 1 is 1.39 bits per heavy atom. The van der Waals surface area contributed by atoms with Crippen LogP contribution in [0.1, 0.15) is 32.3 Å². The number of ether oxygens (including phenoxy) is 1. The maximum absolute atomic E-state index is 12.6. The standard InChI is InChI=1S/C17H22ClNO4/c1-10-8-14(6-7-15(10)18)23-12(3)16(20)19-9-13(17(21)22)5-4-11(19)2/h6-8,11-13H,4-5,9H2,1-3H3,(H,21,22). The van der Waals surface area contributed by atoms with Crippen molar-refractivity contribution in [2.24, 2.45) is 5.92 Å². The van der Waals surface area contributed by atoms with Gasteiger partial charge < -0.3 is 14.7 Å². The minimum atomic E-state index is -0.850. The van der Waals surface area contributed by atoms with Crippen molar-refractivity contribution in [2.45, 2.75) is 45.8 Å². The number of rotatable bonds is 4. The van der Waals surface area contributed by atoms with E-state index in [1.54, 1.807) is 30.0 Å². The predicted molar refractivity (Wildman–Crippen MR) is 87.8 cm³/mol. The summed E-state index contributed by atoms with van der Waals surface area (Å²) >= 11 is 5.98. The number of aliphatic carboxylic acids is 1. The topological polar surface area (TPSA) is 66.8 Å². The lowest BCUT2D eigenvalue weighted by Crippen LogP contribution is -2.51. The number of hydrogen-bond acceptors (Lipinski definition) is 3. The minimum Gasteiger partial charge on any atom is -0.481 e. The first-order valence-electron chi connectivity index (χ1n) is 7.75. The highest BCUT2D eigenvalue weighted by molar-refractivity contribution is 6.31. The fourth-order valence-electron chi connectivity index (χ4n) is 2.79. The summed E-state index contributed by atoms with van der Waals surface area (Å²) in [6.45, 7) is 5.73. The van der Waals surface area contributed by atoms with E-state index >= 15 is 0 Å². The first-order valence-corrected chi connectivity index (χ1v) is 8.13. The van der Waals surface area contributed by atoms with E-state index in [1.807, 2.05) is 13.8 Å². The molecule has 23 heavy (non-hydrogen) atoms. The number of nitrogens with zero attached hydrogens (tertiary/aromatic N) is 1. The Morgan fingerprint density at radius 3 is 2.70 bits per heavy atom. The third-order valence-corrected chi connectivity index (χ3v) is 4.73. The number of likely N-dealkylation sites (tertiary alicyclic amines) is 1. The average molecular weight is 340 g/mol. The van der Waals surface area contributed by atoms with Crippen molar-refractivity contribution in [3.63, 3.8) is 0 Å². The van der Waals surface area contributed by atoms with E-state index in [1.165, 1.54) is 0 Å². The lowest BCUT2D eigenvalue weighted by molar-refractivity contribution is -0.149. The molecule has 2 rings (SSSR count). The Kier molecular flexibility index (Phi) is 5.52. The molecule has 0 aromatic heterocycles. The van der Waals surface area contributed by atoms with Gasteiger partial charge in [0.1, 0.15) is 5.75 Å². The average Bonchev–Trinajstić information content (AvgIpc) is 2.50. The Hall–Kier alpha value is -1.75. The SMILES string of the molecule is Cc1cc(OC(C)C(=O)N2CC(C(=O)O)CCC2C)ccc1Cl. The summed E-state index contributed by atoms with van der Waals surface area (Å²) in [7, 11) is 0. The van der Waals surface area contributed by atoms with Gasteiger partial charge in [-0.15, -0.1) is 0 Å². The first-order chi connectivity index (χ1) is 10.8. The van der Waals surface area contributed by atoms with E-state index in [0.29, 0.717) is 23.6 Å². The summed E-state index contributed by atoms with van der Waals surface area (Å²) in [6, 6.07) is 5.26. The van der Waals surface area contributed by atoms with Gasteiger partial charge in [0.15, 0.2) is 6.10 Å². The van der Waals surface area contributed by atoms with Crippen LogP contribution in [0.3, 0.4) is 0 Å². The van der Waals surface area contributed by atoms with Crippen molar-refractivity contribution < 1.29 is 19.4 Å². The Morgan fingerprint density at radius 2 is 2.09 bits per heavy atom. The molecule has 0 aliphatic carbocycles. The molecular weight excluding hydrogens is 318 g/mol. The van der Waals surface area contributed by atoms with Gasteiger partial charge in [-0.25, -0.2) is 0 Å². The highest BCUT2D eigenvalue weighted by Gasteiger charge is 2.34. The van der Waals surface area contributed by atoms with E-state index in [0.717, 1.165) is 5.56 Å². The molecule has 0 saturated carbocycles. The highest BCUT2D eigenvalue weighted by atomic mass is 35.5. The molecule has 0 spiro atoms. The zero-order valence-corrected chi connectivity index (χ0v) is 14.3. The molecular formula is C17H22ClNO4. The number of piperidine rings is 1. The lowest BCUT2D eigenvalue weighted by atomic mass is 9.93. The molecule has 1 aromatic rings. The van der Waals surface area contributed by atoms with Crippen LogP contribution in [0.4, 0.5) is 0 Å². The molecule has 1 fully saturated rings. The molecule has 3 unspecified atom stereocenters. The normalized spacial score (nSPS) is 22.5. The van der Waals surface area contributed by atoms with Crippen LogP contribution in [-0.4, -0.2) is 40.6 Å². The van der Waals surface area contributed by atoms with Gasteiger partial charge in [0.25, 0.3) is 5.91 Å². The number of carboxylic acid groups (broad SMARTS) is 1. The number of amides is 1. The Balaban J connectivity index is 2.05. The zero-order chi connectivity index (χ0) is 17.1. The molecule has 1 aliphatic heterocycles. The summed E-state index contributed by atoms with van der Waals surface area (Å²) in [5, 5.41) is 9.82. The van der Waals surface area contributed by atoms with Crippen LogP contribution in [-0.2, 0) is 9.59 Å². The van der Waals surface area contributed by atoms with Gasteiger partial charge in [-0.1, -0.05) is 11.6 Å². The molecule has 6 heteroatoms. The number of benzene rings is 1. The van der Waals surface area contributed by atoms with E-state index in [4.69, 9.17) is 16.3 Å². The monoisotopic (exact) mass is 339 g/mol. The van der Waals surface area contributed by atoms with Gasteiger partial charge in [0, 0.05) is 17.6 Å². The van der Waals surface area contributed by atoms with Crippen molar-refractivity contribution in [1.82, 2.24) is 4.90 Å². The van der Waals surface area contributed by atoms with Crippen LogP contribution < -0.4 is 4.74 Å². The molecule has 0 bridgehead atoms. The van der Waals surface area contributed by atoms with Gasteiger partial charge in [-0.05, 0) is 57.4 Å². The van der Waals surface area contributed by atoms with E-state index in [-0.39, 0.29) is 18.5 Å². The second-order valence-corrected chi connectivity index (χ2v) is 6.53. The largest absolute Gasteiger partial charge is 0.481 e. The summed E-state index contributed by atoms with van der Waals surface area (Å²) in [5.41, 5.74) is 0.876. The highest BCUT2D eigenvalue weighted by Crippen LogP contribution is 2.25. The molecule has 126 valence electrons. The van der Waals surface area contributed by atoms with Crippen molar-refractivity contribution in [1.29, 1.82) is 0 Å². The molecule has 3 atom stereocenters. The molecule has 0 radical (unpaired) electrons. The van der Waals surface area contributed by atoms with Gasteiger partial charge in [0.05, 0.1) is 5.92 Å². The third-order valence-electron chi connectivity index (χ3n) is 4.30. The molecule has 1 aromatic carbocycles. The van der Waals surface area contributed by atoms with Crippen LogP contribution in [0.5, 0.6) is 5.75 Å². The molecule has 1 heterocycles. The smallest absolute Gasteiger partial charge is 0.308 e. The quantitative estimate of drug-likeness (QED) is 0.915. The fraction of sp³-hybridized carbons (Fsp3) is 0.529. The van der Waals surface area contributed by atoms with E-state index in [9.17, 15) is 14.7 Å². The van der Waals surface area contributed by atoms with Gasteiger partial charge >= 0.3 is 5.97 Å². The summed E-state index contributed by atoms with van der Waals surface area (Å²) in [4.78, 5) is 25.4. The second kappa shape index (κ2) is 7.21. The minimum absolute atomic E-state index is 0.0242. The van der Waals surface area contributed by atoms with Gasteiger partial charge in [-0.3, -0.25) is 9.59 Å². The Bertz CT molecular complexity index is 604. The van der Waals surface area contributed by atoms with Crippen LogP contribution in [0, 0.1) is 12.8 Å². The molecule has 1 N–H and O–H groups in total. The number of aryl methyl sites for hydroxylation is 1. The predicted octanol–water partition coefficient (Wildman–Crippen LogP) is 3.13. The van der Waals surface area contributed by atoms with Crippen LogP contribution in [0.25, 0.3) is 0 Å². The van der Waals surface area contributed by atoms with Crippen LogP contribution >= 0.6 is 11.6 Å². The lowest BCUT2D eigenvalue weighted by Gasteiger charge is -2.37. The van der Waals surface area contributed by atoms with Crippen LogP contribution in [0.15, 0.2) is 18.2 Å². The fourth-order valence-corrected chi connectivity index (χ4v) is 2.91. The van der Waals surface area contributed by atoms with Gasteiger partial charge in [-0.2, -0.15) is 0 Å². The number of halogens is 1. The number of carboxylic acids is 1. The number of hydrogen-bond donors (Lipinski definition) is 1. The number of carbonyl (C=O) groups is 2. The van der Waals surface area contributed by atoms with Crippen molar-refractivity contribution in [2.75, 3.05) is 6.54 Å². The van der Waals surface area contributed by atoms with E-state index in [2.05, 4.69) is 0 Å². The van der Waals surface area contributed by atoms with Crippen molar-refractivity contribution >= 4 is 23.5 Å². The first kappa shape index (κ1) is 17.6. The molecule has 1 aliphatic rings. The Labute approximate surface area is 141 Å². The van der Waals surface area contributed by atoms with Crippen LogP contribution in [0.2, 0.25) is 5.02 Å². The van der Waals surface area contributed by atoms with Gasteiger partial charge in [0.2, 0.25) is 0 Å². The molecule has 5 nitrogen and oxygen atoms in total. The second-order valence-electron chi connectivity index (χ2n) is 6.12. The number of carbonyl (C=O) groups excluding carboxylic acids is 1. The van der Waals surface area contributed by atoms with Crippen molar-refractivity contribution in [3.05, 3.63) is 28.8 Å². The molecule has 1 saturated heterocycles. The van der Waals surface area contributed by atoms with Crippen molar-refractivity contribution in [3.8, 4) is 5.75 Å².